The van der Waals surface area contributed by atoms with Crippen molar-refractivity contribution in [3.63, 3.8) is 0 Å². The molecule has 0 saturated heterocycles. The van der Waals surface area contributed by atoms with Crippen LogP contribution in [0, 0.1) is 5.41 Å². The van der Waals surface area contributed by atoms with Gasteiger partial charge >= 0.3 is 0 Å². The average molecular weight is 306 g/mol. The van der Waals surface area contributed by atoms with Crippen LogP contribution in [0.3, 0.4) is 0 Å². The van der Waals surface area contributed by atoms with Gasteiger partial charge in [0.05, 0.1) is 5.75 Å². The molecule has 3 nitrogen and oxygen atoms in total. The molecule has 0 aromatic carbocycles. The Morgan fingerprint density at radius 1 is 0.850 bits per heavy atom. The maximum Gasteiger partial charge on any atom is 0.214 e. The second kappa shape index (κ2) is 9.78. The molecule has 0 spiro atoms. The van der Waals surface area contributed by atoms with E-state index in [1.807, 2.05) is 0 Å². The van der Waals surface area contributed by atoms with E-state index in [9.17, 15) is 8.42 Å². The highest BCUT2D eigenvalue weighted by molar-refractivity contribution is 7.89. The van der Waals surface area contributed by atoms with E-state index >= 15 is 0 Å². The molecule has 4 heteroatoms. The van der Waals surface area contributed by atoms with Gasteiger partial charge in [0.15, 0.2) is 0 Å². The Morgan fingerprint density at radius 2 is 1.45 bits per heavy atom. The molecule has 0 aliphatic rings. The topological polar surface area (TPSA) is 37.4 Å². The van der Waals surface area contributed by atoms with Crippen LogP contribution < -0.4 is 0 Å². The molecule has 0 N–H and O–H groups in total. The molecule has 0 atom stereocenters. The van der Waals surface area contributed by atoms with Crippen molar-refractivity contribution in [1.82, 2.24) is 4.31 Å². The minimum atomic E-state index is -3.06. The lowest BCUT2D eigenvalue weighted by Gasteiger charge is -2.26. The second-order valence-electron chi connectivity index (χ2n) is 6.94. The molecule has 0 aromatic heterocycles. The third-order valence-corrected chi connectivity index (χ3v) is 5.48. The lowest BCUT2D eigenvalue weighted by atomic mass is 9.92. The summed E-state index contributed by atoms with van der Waals surface area (Å²) in [4.78, 5) is 0. The predicted molar refractivity (Wildman–Crippen MR) is 88.5 cm³/mol. The number of sulfonamides is 1. The van der Waals surface area contributed by atoms with Crippen molar-refractivity contribution >= 4 is 10.0 Å². The van der Waals surface area contributed by atoms with Gasteiger partial charge in [-0.25, -0.2) is 12.7 Å². The molecule has 0 fully saturated rings. The van der Waals surface area contributed by atoms with Gasteiger partial charge in [-0.15, -0.1) is 0 Å². The van der Waals surface area contributed by atoms with Crippen LogP contribution in [-0.2, 0) is 10.0 Å². The van der Waals surface area contributed by atoms with Crippen LogP contribution in [0.4, 0.5) is 0 Å². The summed E-state index contributed by atoms with van der Waals surface area (Å²) in [6, 6.07) is 0. The Kier molecular flexibility index (Phi) is 9.73. The first-order valence-electron chi connectivity index (χ1n) is 8.20. The highest BCUT2D eigenvalue weighted by atomic mass is 32.2. The minimum Gasteiger partial charge on any atom is -0.212 e. The molecule has 0 unspecified atom stereocenters. The second-order valence-corrected chi connectivity index (χ2v) is 9.03. The van der Waals surface area contributed by atoms with E-state index in [0.717, 1.165) is 44.9 Å². The zero-order valence-electron chi connectivity index (χ0n) is 14.2. The van der Waals surface area contributed by atoms with E-state index in [4.69, 9.17) is 0 Å². The molecule has 0 heterocycles. The molecule has 0 bridgehead atoms. The molecule has 0 aliphatic heterocycles. The van der Waals surface area contributed by atoms with Gasteiger partial charge in [0.25, 0.3) is 0 Å². The van der Waals surface area contributed by atoms with E-state index < -0.39 is 10.0 Å². The monoisotopic (exact) mass is 305 g/mol. The van der Waals surface area contributed by atoms with Crippen molar-refractivity contribution < 1.29 is 8.42 Å². The predicted octanol–water partition coefficient (Wildman–Crippen LogP) is 4.43. The number of unbranched alkanes of at least 4 members (excludes halogenated alkanes) is 4. The molecule has 0 saturated carbocycles. The van der Waals surface area contributed by atoms with Gasteiger partial charge in [-0.1, -0.05) is 60.3 Å². The van der Waals surface area contributed by atoms with Crippen molar-refractivity contribution in [3.05, 3.63) is 0 Å². The van der Waals surface area contributed by atoms with Crippen molar-refractivity contribution in [2.45, 2.75) is 79.6 Å². The maximum absolute atomic E-state index is 12.4. The van der Waals surface area contributed by atoms with Crippen molar-refractivity contribution in [1.29, 1.82) is 0 Å². The van der Waals surface area contributed by atoms with Crippen LogP contribution >= 0.6 is 0 Å². The van der Waals surface area contributed by atoms with Gasteiger partial charge in [-0.2, -0.15) is 0 Å². The molecular formula is C16H35NO2S. The summed E-state index contributed by atoms with van der Waals surface area (Å²) in [5.74, 6) is 0.320. The van der Waals surface area contributed by atoms with Crippen LogP contribution in [0.25, 0.3) is 0 Å². The van der Waals surface area contributed by atoms with Gasteiger partial charge in [0, 0.05) is 13.1 Å². The van der Waals surface area contributed by atoms with Crippen LogP contribution in [0.5, 0.6) is 0 Å². The molecule has 0 radical (unpaired) electrons. The number of hydrogen-bond acceptors (Lipinski definition) is 2. The normalized spacial score (nSPS) is 13.1. The Hall–Kier alpha value is -0.0900. The molecule has 0 amide bonds. The highest BCUT2D eigenvalue weighted by Gasteiger charge is 2.23. The van der Waals surface area contributed by atoms with E-state index in [1.165, 1.54) is 0 Å². The Morgan fingerprint density at radius 3 is 1.95 bits per heavy atom. The standard InChI is InChI=1S/C16H35NO2S/c1-6-8-10-11-15-20(18,19)17(13-9-7-2)14-12-16(3,4)5/h6-15H2,1-5H3. The van der Waals surface area contributed by atoms with Crippen LogP contribution in [0.15, 0.2) is 0 Å². The fourth-order valence-electron chi connectivity index (χ4n) is 2.02. The molecule has 122 valence electrons. The van der Waals surface area contributed by atoms with Crippen LogP contribution in [0.2, 0.25) is 0 Å². The smallest absolute Gasteiger partial charge is 0.212 e. The van der Waals surface area contributed by atoms with E-state index in [0.29, 0.717) is 18.8 Å². The number of nitrogens with zero attached hydrogens (tertiary/aromatic N) is 1. The van der Waals surface area contributed by atoms with Gasteiger partial charge in [0.1, 0.15) is 0 Å². The van der Waals surface area contributed by atoms with Gasteiger partial charge in [-0.3, -0.25) is 0 Å². The van der Waals surface area contributed by atoms with Gasteiger partial charge in [-0.05, 0) is 24.7 Å². The first-order valence-corrected chi connectivity index (χ1v) is 9.81. The largest absolute Gasteiger partial charge is 0.214 e. The highest BCUT2D eigenvalue weighted by Crippen LogP contribution is 2.20. The zero-order chi connectivity index (χ0) is 15.6. The fourth-order valence-corrected chi connectivity index (χ4v) is 3.63. The van der Waals surface area contributed by atoms with Crippen LogP contribution in [0.1, 0.15) is 79.6 Å². The minimum absolute atomic E-state index is 0.183. The lowest BCUT2D eigenvalue weighted by molar-refractivity contribution is 0.307. The summed E-state index contributed by atoms with van der Waals surface area (Å²) in [7, 11) is -3.06. The Labute approximate surface area is 127 Å². The Bertz CT molecular complexity index is 331. The number of hydrogen-bond donors (Lipinski definition) is 0. The molecule has 0 aliphatic carbocycles. The summed E-state index contributed by atoms with van der Waals surface area (Å²) in [6.45, 7) is 12.1. The summed E-state index contributed by atoms with van der Waals surface area (Å²) in [5.41, 5.74) is 0.183. The van der Waals surface area contributed by atoms with Crippen molar-refractivity contribution in [3.8, 4) is 0 Å². The maximum atomic E-state index is 12.4. The first kappa shape index (κ1) is 19.9. The lowest BCUT2D eigenvalue weighted by Crippen LogP contribution is -2.36. The summed E-state index contributed by atoms with van der Waals surface area (Å²) in [5, 5.41) is 0. The summed E-state index contributed by atoms with van der Waals surface area (Å²) < 4.78 is 26.6. The quantitative estimate of drug-likeness (QED) is 0.529. The van der Waals surface area contributed by atoms with Crippen LogP contribution in [-0.4, -0.2) is 31.6 Å². The third kappa shape index (κ3) is 9.76. The van der Waals surface area contributed by atoms with E-state index in [1.54, 1.807) is 4.31 Å². The molecule has 0 aromatic rings. The SMILES string of the molecule is CCCCCCS(=O)(=O)N(CCCC)CCC(C)(C)C. The van der Waals surface area contributed by atoms with E-state index in [-0.39, 0.29) is 5.41 Å². The Balaban J connectivity index is 4.48. The van der Waals surface area contributed by atoms with Gasteiger partial charge in [0.2, 0.25) is 10.0 Å². The zero-order valence-corrected chi connectivity index (χ0v) is 15.1. The van der Waals surface area contributed by atoms with Gasteiger partial charge < -0.3 is 0 Å². The average Bonchev–Trinajstić information content (AvgIpc) is 2.33. The summed E-state index contributed by atoms with van der Waals surface area (Å²) >= 11 is 0. The third-order valence-electron chi connectivity index (χ3n) is 3.52. The van der Waals surface area contributed by atoms with E-state index in [2.05, 4.69) is 34.6 Å². The van der Waals surface area contributed by atoms with Crippen molar-refractivity contribution in [2.24, 2.45) is 5.41 Å². The fraction of sp³-hybridized carbons (Fsp3) is 1.00. The first-order chi connectivity index (χ1) is 9.23. The molecular weight excluding hydrogens is 270 g/mol. The summed E-state index contributed by atoms with van der Waals surface area (Å²) in [6.07, 6.45) is 7.02. The molecule has 20 heavy (non-hydrogen) atoms. The van der Waals surface area contributed by atoms with Crippen molar-refractivity contribution in [2.75, 3.05) is 18.8 Å². The number of rotatable bonds is 11. The molecule has 0 rings (SSSR count).